The Bertz CT molecular complexity index is 306. The third-order valence-corrected chi connectivity index (χ3v) is 3.50. The highest BCUT2D eigenvalue weighted by Crippen LogP contribution is 2.06. The first-order valence-corrected chi connectivity index (χ1v) is 9.20. The fourth-order valence-corrected chi connectivity index (χ4v) is 2.13. The Morgan fingerprint density at radius 1 is 0.708 bits per heavy atom. The molecule has 0 unspecified atom stereocenters. The Morgan fingerprint density at radius 3 is 1.92 bits per heavy atom. The minimum atomic E-state index is -0.289. The Labute approximate surface area is 145 Å². The highest BCUT2D eigenvalue weighted by atomic mass is 16.6. The zero-order chi connectivity index (χ0) is 17.9. The number of hydrogen-bond acceptors (Lipinski definition) is 6. The molecule has 6 heteroatoms. The lowest BCUT2D eigenvalue weighted by Gasteiger charge is -2.06. The van der Waals surface area contributed by atoms with Gasteiger partial charge in [0.2, 0.25) is 0 Å². The summed E-state index contributed by atoms with van der Waals surface area (Å²) in [5.74, 6) is -0.475. The number of rotatable bonds is 17. The second kappa shape index (κ2) is 18.2. The Balaban J connectivity index is 3.31. The van der Waals surface area contributed by atoms with Gasteiger partial charge >= 0.3 is 11.9 Å². The van der Waals surface area contributed by atoms with Crippen LogP contribution in [-0.4, -0.2) is 50.1 Å². The van der Waals surface area contributed by atoms with Gasteiger partial charge in [-0.3, -0.25) is 9.59 Å². The average Bonchev–Trinajstić information content (AvgIpc) is 2.58. The Kier molecular flexibility index (Phi) is 17.3. The minimum Gasteiger partial charge on any atom is -0.466 e. The van der Waals surface area contributed by atoms with Crippen molar-refractivity contribution in [3.05, 3.63) is 0 Å². The first-order chi connectivity index (χ1) is 11.7. The van der Waals surface area contributed by atoms with Crippen molar-refractivity contribution in [2.75, 3.05) is 33.0 Å². The number of hydrogen-bond donors (Lipinski definition) is 1. The quantitative estimate of drug-likeness (QED) is 0.322. The predicted molar refractivity (Wildman–Crippen MR) is 91.7 cm³/mol. The van der Waals surface area contributed by atoms with Crippen LogP contribution in [0.3, 0.4) is 0 Å². The first kappa shape index (κ1) is 22.9. The molecule has 0 heterocycles. The molecule has 0 saturated carbocycles. The summed E-state index contributed by atoms with van der Waals surface area (Å²) in [4.78, 5) is 22.9. The van der Waals surface area contributed by atoms with Crippen molar-refractivity contribution >= 4 is 11.9 Å². The molecule has 1 N–H and O–H groups in total. The van der Waals surface area contributed by atoms with E-state index in [4.69, 9.17) is 19.3 Å². The standard InChI is InChI=1S/C18H34O6/c1-2-3-4-5-6-9-13-23-17(20)10-7-8-11-18(21)24-16-15-22-14-12-19/h19H,2-16H2,1H3. The van der Waals surface area contributed by atoms with Crippen molar-refractivity contribution in [1.29, 1.82) is 0 Å². The van der Waals surface area contributed by atoms with Crippen molar-refractivity contribution in [1.82, 2.24) is 0 Å². The number of aliphatic hydroxyl groups excluding tert-OH is 1. The molecule has 6 nitrogen and oxygen atoms in total. The van der Waals surface area contributed by atoms with Crippen LogP contribution in [0.2, 0.25) is 0 Å². The molecule has 0 aliphatic carbocycles. The molecule has 0 aromatic rings. The number of ether oxygens (including phenoxy) is 3. The van der Waals surface area contributed by atoms with Gasteiger partial charge in [-0.2, -0.15) is 0 Å². The maximum absolute atomic E-state index is 11.5. The van der Waals surface area contributed by atoms with E-state index in [1.807, 2.05) is 0 Å². The van der Waals surface area contributed by atoms with E-state index in [0.29, 0.717) is 32.3 Å². The lowest BCUT2D eigenvalue weighted by atomic mass is 10.1. The van der Waals surface area contributed by atoms with Gasteiger partial charge in [-0.1, -0.05) is 39.0 Å². The molecule has 0 fully saturated rings. The van der Waals surface area contributed by atoms with E-state index >= 15 is 0 Å². The third-order valence-electron chi connectivity index (χ3n) is 3.50. The minimum absolute atomic E-state index is 0.0388. The second-order valence-electron chi connectivity index (χ2n) is 5.75. The molecule has 0 amide bonds. The molecule has 0 spiro atoms. The third kappa shape index (κ3) is 17.2. The average molecular weight is 346 g/mol. The van der Waals surface area contributed by atoms with Gasteiger partial charge in [0.25, 0.3) is 0 Å². The smallest absolute Gasteiger partial charge is 0.305 e. The summed E-state index contributed by atoms with van der Waals surface area (Å²) >= 11 is 0. The van der Waals surface area contributed by atoms with Crippen LogP contribution in [0.5, 0.6) is 0 Å². The summed E-state index contributed by atoms with van der Waals surface area (Å²) in [6.07, 6.45) is 8.91. The van der Waals surface area contributed by atoms with Crippen LogP contribution >= 0.6 is 0 Å². The van der Waals surface area contributed by atoms with Gasteiger partial charge in [-0.05, 0) is 19.3 Å². The van der Waals surface area contributed by atoms with Gasteiger partial charge in [0.05, 0.1) is 26.4 Å². The fourth-order valence-electron chi connectivity index (χ4n) is 2.13. The monoisotopic (exact) mass is 346 g/mol. The summed E-state index contributed by atoms with van der Waals surface area (Å²) < 4.78 is 15.1. The van der Waals surface area contributed by atoms with Gasteiger partial charge in [-0.25, -0.2) is 0 Å². The number of carbonyl (C=O) groups excluding carboxylic acids is 2. The molecule has 0 aromatic carbocycles. The lowest BCUT2D eigenvalue weighted by molar-refractivity contribution is -0.146. The normalized spacial score (nSPS) is 10.6. The van der Waals surface area contributed by atoms with E-state index in [-0.39, 0.29) is 38.4 Å². The summed E-state index contributed by atoms with van der Waals surface area (Å²) in [6.45, 7) is 3.38. The maximum atomic E-state index is 11.5. The van der Waals surface area contributed by atoms with Crippen molar-refractivity contribution in [3.8, 4) is 0 Å². The van der Waals surface area contributed by atoms with Crippen molar-refractivity contribution < 1.29 is 28.9 Å². The molecule has 0 radical (unpaired) electrons. The number of unbranched alkanes of at least 4 members (excludes halogenated alkanes) is 6. The van der Waals surface area contributed by atoms with E-state index in [0.717, 1.165) is 12.8 Å². The van der Waals surface area contributed by atoms with E-state index < -0.39 is 0 Å². The zero-order valence-corrected chi connectivity index (χ0v) is 15.1. The molecule has 142 valence electrons. The van der Waals surface area contributed by atoms with Gasteiger partial charge in [0, 0.05) is 12.8 Å². The summed E-state index contributed by atoms with van der Waals surface area (Å²) in [5, 5.41) is 8.50. The van der Waals surface area contributed by atoms with Crippen LogP contribution in [0, 0.1) is 0 Å². The molecule has 0 atom stereocenters. The summed E-state index contributed by atoms with van der Waals surface area (Å²) in [7, 11) is 0. The number of carbonyl (C=O) groups is 2. The first-order valence-electron chi connectivity index (χ1n) is 9.20. The van der Waals surface area contributed by atoms with Crippen LogP contribution in [0.15, 0.2) is 0 Å². The molecular weight excluding hydrogens is 312 g/mol. The highest BCUT2D eigenvalue weighted by molar-refractivity contribution is 5.70. The Morgan fingerprint density at radius 2 is 1.29 bits per heavy atom. The summed E-state index contributed by atoms with van der Waals surface area (Å²) in [6, 6.07) is 0. The molecular formula is C18H34O6. The van der Waals surface area contributed by atoms with E-state index in [2.05, 4.69) is 6.92 Å². The summed E-state index contributed by atoms with van der Waals surface area (Å²) in [5.41, 5.74) is 0. The van der Waals surface area contributed by atoms with Crippen molar-refractivity contribution in [2.24, 2.45) is 0 Å². The van der Waals surface area contributed by atoms with Gasteiger partial charge in [0.15, 0.2) is 0 Å². The molecule has 24 heavy (non-hydrogen) atoms. The van der Waals surface area contributed by atoms with Crippen LogP contribution in [0.1, 0.15) is 71.1 Å². The topological polar surface area (TPSA) is 82.1 Å². The molecule has 0 saturated heterocycles. The van der Waals surface area contributed by atoms with Crippen LogP contribution in [-0.2, 0) is 23.8 Å². The zero-order valence-electron chi connectivity index (χ0n) is 15.1. The molecule has 0 aromatic heterocycles. The van der Waals surface area contributed by atoms with Crippen LogP contribution in [0.4, 0.5) is 0 Å². The lowest BCUT2D eigenvalue weighted by Crippen LogP contribution is -2.12. The van der Waals surface area contributed by atoms with E-state index in [1.165, 1.54) is 25.7 Å². The second-order valence-corrected chi connectivity index (χ2v) is 5.75. The fraction of sp³-hybridized carbons (Fsp3) is 0.889. The molecule has 0 rings (SSSR count). The van der Waals surface area contributed by atoms with Crippen molar-refractivity contribution in [2.45, 2.75) is 71.1 Å². The SMILES string of the molecule is CCCCCCCCOC(=O)CCCCC(=O)OCCOCCO. The van der Waals surface area contributed by atoms with Gasteiger partial charge < -0.3 is 19.3 Å². The van der Waals surface area contributed by atoms with Gasteiger partial charge in [0.1, 0.15) is 6.61 Å². The number of esters is 2. The van der Waals surface area contributed by atoms with E-state index in [9.17, 15) is 9.59 Å². The largest absolute Gasteiger partial charge is 0.466 e. The van der Waals surface area contributed by atoms with Crippen LogP contribution in [0.25, 0.3) is 0 Å². The number of aliphatic hydroxyl groups is 1. The Hall–Kier alpha value is -1.14. The van der Waals surface area contributed by atoms with Gasteiger partial charge in [-0.15, -0.1) is 0 Å². The molecule has 0 aliphatic rings. The highest BCUT2D eigenvalue weighted by Gasteiger charge is 2.06. The van der Waals surface area contributed by atoms with E-state index in [1.54, 1.807) is 0 Å². The molecule has 0 bridgehead atoms. The maximum Gasteiger partial charge on any atom is 0.305 e. The van der Waals surface area contributed by atoms with Crippen molar-refractivity contribution in [3.63, 3.8) is 0 Å². The predicted octanol–water partition coefficient (Wildman–Crippen LogP) is 3.00. The van der Waals surface area contributed by atoms with Crippen LogP contribution < -0.4 is 0 Å². The molecule has 0 aliphatic heterocycles.